The molecule has 2 nitrogen and oxygen atoms in total. The molecule has 0 aliphatic carbocycles. The number of hydrogen-bond acceptors (Lipinski definition) is 1. The molecular formula is C10H22NO+. The third kappa shape index (κ3) is 3.37. The first-order chi connectivity index (χ1) is 5.74. The van der Waals surface area contributed by atoms with Gasteiger partial charge in [0.25, 0.3) is 0 Å². The summed E-state index contributed by atoms with van der Waals surface area (Å²) in [7, 11) is 1.76. The highest BCUT2D eigenvalue weighted by Crippen LogP contribution is 2.05. The van der Waals surface area contributed by atoms with Gasteiger partial charge in [-0.3, -0.25) is 0 Å². The Morgan fingerprint density at radius 3 is 2.25 bits per heavy atom. The van der Waals surface area contributed by atoms with Gasteiger partial charge in [-0.1, -0.05) is 6.58 Å². The number of nitrogens with zero attached hydrogens (tertiary/aromatic N) is 1. The lowest BCUT2D eigenvalue weighted by atomic mass is 10.3. The van der Waals surface area contributed by atoms with Crippen molar-refractivity contribution in [2.24, 2.45) is 0 Å². The van der Waals surface area contributed by atoms with Crippen LogP contribution in [0.4, 0.5) is 0 Å². The van der Waals surface area contributed by atoms with Gasteiger partial charge >= 0.3 is 0 Å². The second-order valence-corrected chi connectivity index (χ2v) is 3.16. The highest BCUT2D eigenvalue weighted by molar-refractivity contribution is 4.65. The molecule has 72 valence electrons. The van der Waals surface area contributed by atoms with Crippen molar-refractivity contribution in [3.63, 3.8) is 0 Å². The number of likely N-dealkylation sites (N-methyl/N-ethyl adjacent to an activating group) is 1. The zero-order chi connectivity index (χ0) is 9.45. The van der Waals surface area contributed by atoms with E-state index < -0.39 is 0 Å². The van der Waals surface area contributed by atoms with E-state index >= 15 is 0 Å². The molecule has 0 saturated heterocycles. The Kier molecular flexibility index (Phi) is 6.03. The van der Waals surface area contributed by atoms with Crippen molar-refractivity contribution in [2.45, 2.75) is 13.8 Å². The molecule has 0 N–H and O–H groups in total. The quantitative estimate of drug-likeness (QED) is 0.419. The van der Waals surface area contributed by atoms with Crippen molar-refractivity contribution in [3.8, 4) is 0 Å². The molecule has 0 saturated carbocycles. The van der Waals surface area contributed by atoms with Gasteiger partial charge in [-0.05, 0) is 19.9 Å². The lowest BCUT2D eigenvalue weighted by Crippen LogP contribution is -2.49. The summed E-state index contributed by atoms with van der Waals surface area (Å²) in [4.78, 5) is 0. The molecule has 0 atom stereocenters. The number of methoxy groups -OCH3 is 1. The first kappa shape index (κ1) is 11.7. The van der Waals surface area contributed by atoms with E-state index in [1.807, 2.05) is 6.08 Å². The Balaban J connectivity index is 4.03. The SMILES string of the molecule is C=CC[N+](CC)(CC)CCOC. The first-order valence-corrected chi connectivity index (χ1v) is 4.69. The minimum absolute atomic E-state index is 0.843. The molecule has 12 heavy (non-hydrogen) atoms. The molecule has 0 bridgehead atoms. The third-order valence-corrected chi connectivity index (χ3v) is 2.63. The van der Waals surface area contributed by atoms with Gasteiger partial charge in [0.05, 0.1) is 26.2 Å². The topological polar surface area (TPSA) is 9.23 Å². The van der Waals surface area contributed by atoms with Crippen molar-refractivity contribution in [2.75, 3.05) is 39.9 Å². The summed E-state index contributed by atoms with van der Waals surface area (Å²) in [5, 5.41) is 0. The maximum absolute atomic E-state index is 5.10. The number of quaternary nitrogens is 1. The summed E-state index contributed by atoms with van der Waals surface area (Å²) in [6.07, 6.45) is 2.00. The standard InChI is InChI=1S/C10H22NO/c1-5-8-11(6-2,7-3)9-10-12-4/h5H,1,6-10H2,2-4H3/q+1. The molecule has 2 heteroatoms. The van der Waals surface area contributed by atoms with E-state index in [2.05, 4.69) is 20.4 Å². The molecule has 0 amide bonds. The van der Waals surface area contributed by atoms with Crippen molar-refractivity contribution >= 4 is 0 Å². The van der Waals surface area contributed by atoms with Crippen molar-refractivity contribution in [1.82, 2.24) is 0 Å². The molecule has 0 radical (unpaired) electrons. The van der Waals surface area contributed by atoms with Gasteiger partial charge in [0, 0.05) is 7.11 Å². The normalized spacial score (nSPS) is 11.6. The Morgan fingerprint density at radius 2 is 1.92 bits per heavy atom. The Hall–Kier alpha value is -0.340. The summed E-state index contributed by atoms with van der Waals surface area (Å²) in [6, 6.07) is 0. The molecule has 0 aromatic heterocycles. The molecule has 0 aromatic carbocycles. The van der Waals surface area contributed by atoms with Gasteiger partial charge in [0.15, 0.2) is 0 Å². The largest absolute Gasteiger partial charge is 0.379 e. The maximum atomic E-state index is 5.10. The van der Waals surface area contributed by atoms with Crippen LogP contribution in [-0.4, -0.2) is 44.4 Å². The van der Waals surface area contributed by atoms with Crippen LogP contribution in [0.15, 0.2) is 12.7 Å². The van der Waals surface area contributed by atoms with Crippen LogP contribution >= 0.6 is 0 Å². The van der Waals surface area contributed by atoms with Gasteiger partial charge in [-0.25, -0.2) is 0 Å². The van der Waals surface area contributed by atoms with Gasteiger partial charge in [-0.15, -0.1) is 0 Å². The predicted octanol–water partition coefficient (Wildman–Crippen LogP) is 1.68. The fraction of sp³-hybridized carbons (Fsp3) is 0.800. The van der Waals surface area contributed by atoms with Crippen LogP contribution in [0, 0.1) is 0 Å². The smallest absolute Gasteiger partial charge is 0.103 e. The first-order valence-electron chi connectivity index (χ1n) is 4.69. The average molecular weight is 172 g/mol. The maximum Gasteiger partial charge on any atom is 0.103 e. The Morgan fingerprint density at radius 1 is 1.33 bits per heavy atom. The fourth-order valence-electron chi connectivity index (χ4n) is 1.45. The van der Waals surface area contributed by atoms with Crippen LogP contribution in [0.2, 0.25) is 0 Å². The molecule has 0 heterocycles. The molecule has 0 fully saturated rings. The molecule has 0 unspecified atom stereocenters. The molecule has 0 aliphatic heterocycles. The van der Waals surface area contributed by atoms with Crippen LogP contribution in [0.3, 0.4) is 0 Å². The summed E-state index contributed by atoms with van der Waals surface area (Å²) in [5.41, 5.74) is 0. The molecular weight excluding hydrogens is 150 g/mol. The molecule has 0 spiro atoms. The fourth-order valence-corrected chi connectivity index (χ4v) is 1.45. The number of hydrogen-bond donors (Lipinski definition) is 0. The van der Waals surface area contributed by atoms with Crippen LogP contribution in [0.25, 0.3) is 0 Å². The van der Waals surface area contributed by atoms with E-state index in [0.29, 0.717) is 0 Å². The minimum atomic E-state index is 0.843. The van der Waals surface area contributed by atoms with Gasteiger partial charge in [0.2, 0.25) is 0 Å². The number of ether oxygens (including phenoxy) is 1. The summed E-state index contributed by atoms with van der Waals surface area (Å²) >= 11 is 0. The Labute approximate surface area is 76.4 Å². The van der Waals surface area contributed by atoms with E-state index in [9.17, 15) is 0 Å². The predicted molar refractivity (Wildman–Crippen MR) is 53.1 cm³/mol. The van der Waals surface area contributed by atoms with Crippen molar-refractivity contribution in [3.05, 3.63) is 12.7 Å². The zero-order valence-electron chi connectivity index (χ0n) is 8.68. The van der Waals surface area contributed by atoms with Crippen LogP contribution in [0.1, 0.15) is 13.8 Å². The summed E-state index contributed by atoms with van der Waals surface area (Å²) in [5.74, 6) is 0. The highest BCUT2D eigenvalue weighted by Gasteiger charge is 2.20. The highest BCUT2D eigenvalue weighted by atomic mass is 16.5. The van der Waals surface area contributed by atoms with Crippen LogP contribution < -0.4 is 0 Å². The minimum Gasteiger partial charge on any atom is -0.379 e. The lowest BCUT2D eigenvalue weighted by Gasteiger charge is -2.35. The number of rotatable bonds is 7. The van der Waals surface area contributed by atoms with Crippen molar-refractivity contribution in [1.29, 1.82) is 0 Å². The second kappa shape index (κ2) is 6.21. The van der Waals surface area contributed by atoms with E-state index in [4.69, 9.17) is 4.74 Å². The second-order valence-electron chi connectivity index (χ2n) is 3.16. The van der Waals surface area contributed by atoms with Gasteiger partial charge < -0.3 is 9.22 Å². The summed E-state index contributed by atoms with van der Waals surface area (Å²) in [6.45, 7) is 13.5. The van der Waals surface area contributed by atoms with E-state index in [1.54, 1.807) is 7.11 Å². The average Bonchev–Trinajstić information content (AvgIpc) is 2.13. The zero-order valence-corrected chi connectivity index (χ0v) is 8.68. The van der Waals surface area contributed by atoms with E-state index in [1.165, 1.54) is 0 Å². The molecule has 0 rings (SSSR count). The van der Waals surface area contributed by atoms with Gasteiger partial charge in [-0.2, -0.15) is 0 Å². The van der Waals surface area contributed by atoms with Crippen LogP contribution in [0.5, 0.6) is 0 Å². The van der Waals surface area contributed by atoms with Crippen molar-refractivity contribution < 1.29 is 9.22 Å². The lowest BCUT2D eigenvalue weighted by molar-refractivity contribution is -0.919. The monoisotopic (exact) mass is 172 g/mol. The summed E-state index contributed by atoms with van der Waals surface area (Å²) < 4.78 is 6.19. The Bertz CT molecular complexity index is 119. The third-order valence-electron chi connectivity index (χ3n) is 2.63. The molecule has 0 aliphatic rings. The molecule has 0 aromatic rings. The van der Waals surface area contributed by atoms with E-state index in [0.717, 1.165) is 37.3 Å². The van der Waals surface area contributed by atoms with Crippen LogP contribution in [-0.2, 0) is 4.74 Å². The van der Waals surface area contributed by atoms with E-state index in [-0.39, 0.29) is 0 Å². The van der Waals surface area contributed by atoms with Gasteiger partial charge in [0.1, 0.15) is 6.54 Å².